The van der Waals surface area contributed by atoms with Crippen molar-refractivity contribution in [2.24, 2.45) is 5.10 Å². The molecule has 0 saturated carbocycles. The first-order chi connectivity index (χ1) is 7.02. The van der Waals surface area contributed by atoms with Crippen molar-refractivity contribution in [1.29, 1.82) is 0 Å². The van der Waals surface area contributed by atoms with Crippen LogP contribution in [0.25, 0.3) is 0 Å². The Bertz CT molecular complexity index is 264. The van der Waals surface area contributed by atoms with Crippen LogP contribution in [0.2, 0.25) is 0 Å². The summed E-state index contributed by atoms with van der Waals surface area (Å²) in [5, 5.41) is 5.05. The summed E-state index contributed by atoms with van der Waals surface area (Å²) >= 11 is 3.26. The van der Waals surface area contributed by atoms with Crippen molar-refractivity contribution in [2.45, 2.75) is 18.8 Å². The van der Waals surface area contributed by atoms with Crippen LogP contribution >= 0.6 is 15.9 Å². The quantitative estimate of drug-likeness (QED) is 0.356. The van der Waals surface area contributed by atoms with Gasteiger partial charge in [0.05, 0.1) is 12.1 Å². The maximum Gasteiger partial charge on any atom is 0.297 e. The van der Waals surface area contributed by atoms with E-state index in [2.05, 4.69) is 26.5 Å². The number of halogens is 1. The fourth-order valence-corrected chi connectivity index (χ4v) is 0.819. The van der Waals surface area contributed by atoms with Gasteiger partial charge in [0.15, 0.2) is 0 Å². The molecule has 0 aromatic rings. The van der Waals surface area contributed by atoms with Crippen LogP contribution in [0.5, 0.6) is 0 Å². The molecular formula is C9H16BrN3O2. The van der Waals surface area contributed by atoms with Crippen molar-refractivity contribution < 1.29 is 9.63 Å². The van der Waals surface area contributed by atoms with Gasteiger partial charge in [0.1, 0.15) is 5.71 Å². The van der Waals surface area contributed by atoms with E-state index in [0.29, 0.717) is 0 Å². The zero-order valence-corrected chi connectivity index (χ0v) is 10.9. The van der Waals surface area contributed by atoms with Crippen molar-refractivity contribution in [3.63, 3.8) is 0 Å². The Morgan fingerprint density at radius 3 is 2.67 bits per heavy atom. The van der Waals surface area contributed by atoms with Crippen molar-refractivity contribution in [3.05, 3.63) is 12.2 Å². The highest BCUT2D eigenvalue weighted by atomic mass is 79.9. The SMILES string of the molecule is C/C=C/C(=N\NC(C)Br)C(=O)N(C)OC. The van der Waals surface area contributed by atoms with E-state index < -0.39 is 0 Å². The second-order valence-corrected chi connectivity index (χ2v) is 4.10. The number of nitrogens with zero attached hydrogens (tertiary/aromatic N) is 2. The number of allylic oxidation sites excluding steroid dienone is 1. The van der Waals surface area contributed by atoms with Gasteiger partial charge in [0.25, 0.3) is 5.91 Å². The third-order valence-corrected chi connectivity index (χ3v) is 1.67. The smallest absolute Gasteiger partial charge is 0.296 e. The third kappa shape index (κ3) is 5.54. The topological polar surface area (TPSA) is 53.9 Å². The van der Waals surface area contributed by atoms with E-state index >= 15 is 0 Å². The van der Waals surface area contributed by atoms with Gasteiger partial charge >= 0.3 is 0 Å². The maximum atomic E-state index is 11.6. The zero-order chi connectivity index (χ0) is 11.8. The number of nitrogens with one attached hydrogen (secondary N) is 1. The molecule has 0 aliphatic heterocycles. The molecule has 0 saturated heterocycles. The molecule has 1 atom stereocenters. The number of hydroxylamine groups is 2. The first kappa shape index (κ1) is 14.1. The fourth-order valence-electron chi connectivity index (χ4n) is 0.717. The summed E-state index contributed by atoms with van der Waals surface area (Å²) in [5.41, 5.74) is 3.03. The minimum Gasteiger partial charge on any atom is -0.296 e. The standard InChI is InChI=1S/C9H16BrN3O2/c1-5-6-8(12-11-7(2)10)9(14)13(3)15-4/h5-7,11H,1-4H3/b6-5+,12-8+. The summed E-state index contributed by atoms with van der Waals surface area (Å²) in [6, 6.07) is 0. The summed E-state index contributed by atoms with van der Waals surface area (Å²) in [7, 11) is 2.95. The van der Waals surface area contributed by atoms with Gasteiger partial charge in [-0.25, -0.2) is 5.06 Å². The van der Waals surface area contributed by atoms with E-state index in [1.807, 2.05) is 13.8 Å². The lowest BCUT2D eigenvalue weighted by Crippen LogP contribution is -2.33. The number of hydrogen-bond donors (Lipinski definition) is 1. The van der Waals surface area contributed by atoms with E-state index in [4.69, 9.17) is 4.84 Å². The van der Waals surface area contributed by atoms with Crippen molar-refractivity contribution in [3.8, 4) is 0 Å². The van der Waals surface area contributed by atoms with E-state index in [0.717, 1.165) is 5.06 Å². The van der Waals surface area contributed by atoms with E-state index in [-0.39, 0.29) is 16.6 Å². The normalized spacial score (nSPS) is 14.1. The van der Waals surface area contributed by atoms with Crippen LogP contribution < -0.4 is 5.43 Å². The third-order valence-electron chi connectivity index (χ3n) is 1.47. The lowest BCUT2D eigenvalue weighted by atomic mass is 10.3. The fraction of sp³-hybridized carbons (Fsp3) is 0.556. The van der Waals surface area contributed by atoms with Crippen LogP contribution in [0, 0.1) is 0 Å². The van der Waals surface area contributed by atoms with Gasteiger partial charge in [0, 0.05) is 7.05 Å². The first-order valence-electron chi connectivity index (χ1n) is 4.45. The second kappa shape index (κ2) is 7.42. The Morgan fingerprint density at radius 2 is 2.27 bits per heavy atom. The lowest BCUT2D eigenvalue weighted by molar-refractivity contribution is -0.160. The van der Waals surface area contributed by atoms with Gasteiger partial charge in [-0.05, 0) is 19.9 Å². The largest absolute Gasteiger partial charge is 0.297 e. The monoisotopic (exact) mass is 277 g/mol. The van der Waals surface area contributed by atoms with Gasteiger partial charge < -0.3 is 0 Å². The van der Waals surface area contributed by atoms with Crippen LogP contribution in [0.3, 0.4) is 0 Å². The molecule has 0 spiro atoms. The van der Waals surface area contributed by atoms with Gasteiger partial charge in [-0.3, -0.25) is 15.1 Å². The molecule has 0 fully saturated rings. The van der Waals surface area contributed by atoms with Gasteiger partial charge in [-0.1, -0.05) is 22.0 Å². The number of alkyl halides is 1. The molecule has 0 aromatic carbocycles. The summed E-state index contributed by atoms with van der Waals surface area (Å²) in [5.74, 6) is -0.309. The Hall–Kier alpha value is -0.880. The molecule has 1 amide bonds. The zero-order valence-electron chi connectivity index (χ0n) is 9.32. The molecule has 0 rings (SSSR count). The molecule has 86 valence electrons. The van der Waals surface area contributed by atoms with Crippen LogP contribution in [0.1, 0.15) is 13.8 Å². The predicted molar refractivity (Wildman–Crippen MR) is 63.6 cm³/mol. The molecule has 0 aromatic heterocycles. The molecule has 6 heteroatoms. The lowest BCUT2D eigenvalue weighted by Gasteiger charge is -2.13. The van der Waals surface area contributed by atoms with Gasteiger partial charge in [0.2, 0.25) is 0 Å². The second-order valence-electron chi connectivity index (χ2n) is 2.73. The van der Waals surface area contributed by atoms with E-state index in [1.54, 1.807) is 12.2 Å². The van der Waals surface area contributed by atoms with Crippen molar-refractivity contribution in [2.75, 3.05) is 14.2 Å². The number of hydrogen-bond acceptors (Lipinski definition) is 4. The Kier molecular flexibility index (Phi) is 6.98. The Labute approximate surface area is 98.2 Å². The molecule has 0 heterocycles. The molecule has 1 N–H and O–H groups in total. The summed E-state index contributed by atoms with van der Waals surface area (Å²) in [4.78, 5) is 16.4. The molecule has 5 nitrogen and oxygen atoms in total. The van der Waals surface area contributed by atoms with E-state index in [9.17, 15) is 4.79 Å². The van der Waals surface area contributed by atoms with Crippen LogP contribution in [-0.2, 0) is 9.63 Å². The van der Waals surface area contributed by atoms with Gasteiger partial charge in [-0.2, -0.15) is 5.10 Å². The predicted octanol–water partition coefficient (Wildman–Crippen LogP) is 1.27. The van der Waals surface area contributed by atoms with Crippen LogP contribution in [0.15, 0.2) is 17.3 Å². The Balaban J connectivity index is 4.65. The molecular weight excluding hydrogens is 262 g/mol. The number of carbonyl (C=O) groups is 1. The number of amides is 1. The molecule has 0 radical (unpaired) electrons. The minimum absolute atomic E-state index is 0.00147. The van der Waals surface area contributed by atoms with Crippen molar-refractivity contribution in [1.82, 2.24) is 10.5 Å². The minimum atomic E-state index is -0.309. The van der Waals surface area contributed by atoms with Crippen LogP contribution in [-0.4, -0.2) is 35.8 Å². The summed E-state index contributed by atoms with van der Waals surface area (Å²) in [6.07, 6.45) is 3.35. The highest BCUT2D eigenvalue weighted by Crippen LogP contribution is 1.95. The van der Waals surface area contributed by atoms with Gasteiger partial charge in [-0.15, -0.1) is 0 Å². The number of carbonyl (C=O) groups excluding carboxylic acids is 1. The van der Waals surface area contributed by atoms with Crippen molar-refractivity contribution >= 4 is 27.5 Å². The first-order valence-corrected chi connectivity index (χ1v) is 5.36. The number of rotatable bonds is 5. The highest BCUT2D eigenvalue weighted by molar-refractivity contribution is 9.09. The molecule has 15 heavy (non-hydrogen) atoms. The highest BCUT2D eigenvalue weighted by Gasteiger charge is 2.13. The molecule has 1 unspecified atom stereocenters. The van der Waals surface area contributed by atoms with E-state index in [1.165, 1.54) is 14.2 Å². The summed E-state index contributed by atoms with van der Waals surface area (Å²) < 4.78 is 0. The molecule has 0 aliphatic carbocycles. The summed E-state index contributed by atoms with van der Waals surface area (Å²) in [6.45, 7) is 3.68. The molecule has 0 aliphatic rings. The molecule has 0 bridgehead atoms. The average molecular weight is 278 g/mol. The van der Waals surface area contributed by atoms with Crippen LogP contribution in [0.4, 0.5) is 0 Å². The number of hydrazone groups is 1. The Morgan fingerprint density at radius 1 is 1.67 bits per heavy atom. The average Bonchev–Trinajstić information content (AvgIpc) is 2.21. The maximum absolute atomic E-state index is 11.6.